The molecule has 3 N–H and O–H groups in total. The van der Waals surface area contributed by atoms with Gasteiger partial charge >= 0.3 is 0 Å². The highest BCUT2D eigenvalue weighted by atomic mass is 32.2. The summed E-state index contributed by atoms with van der Waals surface area (Å²) >= 11 is 0. The van der Waals surface area contributed by atoms with E-state index in [4.69, 9.17) is 5.73 Å². The number of hydrogen-bond donors (Lipinski definition) is 2. The molecule has 6 heteroatoms. The summed E-state index contributed by atoms with van der Waals surface area (Å²) in [5.74, 6) is -0.843. The van der Waals surface area contributed by atoms with Crippen LogP contribution in [0.3, 0.4) is 0 Å². The molecular weight excluding hydrogens is 243 g/mol. The maximum Gasteiger partial charge on any atom is 0.243 e. The number of hydrogen-bond acceptors (Lipinski definition) is 3. The molecule has 0 bridgehead atoms. The zero-order valence-electron chi connectivity index (χ0n) is 10.1. The van der Waals surface area contributed by atoms with Gasteiger partial charge in [0.2, 0.25) is 10.0 Å². The molecule has 0 aromatic heterocycles. The third kappa shape index (κ3) is 3.41. The van der Waals surface area contributed by atoms with Crippen LogP contribution in [0.5, 0.6) is 0 Å². The Balaban J connectivity index is 3.14. The van der Waals surface area contributed by atoms with Crippen LogP contribution < -0.4 is 10.5 Å². The van der Waals surface area contributed by atoms with Gasteiger partial charge in [-0.3, -0.25) is 0 Å². The number of halogens is 1. The predicted molar refractivity (Wildman–Crippen MR) is 65.5 cm³/mol. The fourth-order valence-corrected chi connectivity index (χ4v) is 2.77. The molecule has 17 heavy (non-hydrogen) atoms. The van der Waals surface area contributed by atoms with Gasteiger partial charge in [0, 0.05) is 11.2 Å². The number of nitrogen functional groups attached to an aromatic ring is 1. The van der Waals surface area contributed by atoms with Crippen LogP contribution in [0.2, 0.25) is 0 Å². The van der Waals surface area contributed by atoms with Crippen molar-refractivity contribution in [2.24, 2.45) is 0 Å². The lowest BCUT2D eigenvalue weighted by molar-refractivity contribution is 0.437. The minimum atomic E-state index is -3.86. The summed E-state index contributed by atoms with van der Waals surface area (Å²) in [7, 11) is -3.86. The molecule has 4 nitrogen and oxygen atoms in total. The van der Waals surface area contributed by atoms with Crippen molar-refractivity contribution in [3.05, 3.63) is 24.0 Å². The Labute approximate surface area is 101 Å². The first-order valence-corrected chi connectivity index (χ1v) is 6.75. The van der Waals surface area contributed by atoms with Crippen LogP contribution in [-0.4, -0.2) is 14.0 Å². The molecule has 0 saturated heterocycles. The first-order chi connectivity index (χ1) is 7.68. The Morgan fingerprint density at radius 1 is 1.41 bits per heavy atom. The monoisotopic (exact) mass is 260 g/mol. The second kappa shape index (κ2) is 4.62. The topological polar surface area (TPSA) is 72.2 Å². The van der Waals surface area contributed by atoms with Crippen molar-refractivity contribution in [2.45, 2.75) is 37.6 Å². The smallest absolute Gasteiger partial charge is 0.243 e. The molecule has 1 rings (SSSR count). The van der Waals surface area contributed by atoms with Gasteiger partial charge in [0.1, 0.15) is 10.7 Å². The van der Waals surface area contributed by atoms with Crippen molar-refractivity contribution in [3.63, 3.8) is 0 Å². The van der Waals surface area contributed by atoms with E-state index in [1.54, 1.807) is 13.8 Å². The van der Waals surface area contributed by atoms with Crippen LogP contribution in [0, 0.1) is 5.82 Å². The van der Waals surface area contributed by atoms with Crippen LogP contribution in [0.25, 0.3) is 0 Å². The summed E-state index contributed by atoms with van der Waals surface area (Å²) in [5, 5.41) is 0. The molecule has 0 aliphatic carbocycles. The Hall–Kier alpha value is -1.14. The fourth-order valence-electron chi connectivity index (χ4n) is 1.23. The van der Waals surface area contributed by atoms with Gasteiger partial charge in [-0.2, -0.15) is 0 Å². The lowest BCUT2D eigenvalue weighted by atomic mass is 10.0. The highest BCUT2D eigenvalue weighted by Crippen LogP contribution is 2.20. The van der Waals surface area contributed by atoms with Crippen LogP contribution in [0.4, 0.5) is 10.1 Å². The maximum atomic E-state index is 13.5. The van der Waals surface area contributed by atoms with Gasteiger partial charge in [0.05, 0.1) is 0 Å². The van der Waals surface area contributed by atoms with Gasteiger partial charge in [-0.15, -0.1) is 0 Å². The number of rotatable bonds is 4. The van der Waals surface area contributed by atoms with Crippen molar-refractivity contribution in [2.75, 3.05) is 5.73 Å². The van der Waals surface area contributed by atoms with Crippen molar-refractivity contribution in [1.29, 1.82) is 0 Å². The lowest BCUT2D eigenvalue weighted by Crippen LogP contribution is -2.42. The van der Waals surface area contributed by atoms with Crippen molar-refractivity contribution in [3.8, 4) is 0 Å². The Morgan fingerprint density at radius 3 is 2.47 bits per heavy atom. The molecule has 0 atom stereocenters. The molecule has 0 fully saturated rings. The van der Waals surface area contributed by atoms with Crippen molar-refractivity contribution >= 4 is 15.7 Å². The Kier molecular flexibility index (Phi) is 3.78. The molecule has 1 aromatic rings. The van der Waals surface area contributed by atoms with Gasteiger partial charge in [-0.25, -0.2) is 17.5 Å². The zero-order valence-corrected chi connectivity index (χ0v) is 10.9. The summed E-state index contributed by atoms with van der Waals surface area (Å²) in [6.45, 7) is 5.32. The molecular formula is C11H17FN2O2S. The minimum Gasteiger partial charge on any atom is -0.399 e. The van der Waals surface area contributed by atoms with Gasteiger partial charge in [-0.05, 0) is 38.5 Å². The van der Waals surface area contributed by atoms with E-state index in [0.29, 0.717) is 6.42 Å². The van der Waals surface area contributed by atoms with Gasteiger partial charge < -0.3 is 5.73 Å². The molecule has 0 heterocycles. The summed E-state index contributed by atoms with van der Waals surface area (Å²) in [5.41, 5.74) is 4.94. The van der Waals surface area contributed by atoms with Crippen LogP contribution >= 0.6 is 0 Å². The first kappa shape index (κ1) is 13.9. The van der Waals surface area contributed by atoms with E-state index < -0.39 is 21.4 Å². The largest absolute Gasteiger partial charge is 0.399 e. The molecule has 0 amide bonds. The highest BCUT2D eigenvalue weighted by Gasteiger charge is 2.26. The summed E-state index contributed by atoms with van der Waals surface area (Å²) in [6, 6.07) is 3.52. The van der Waals surface area contributed by atoms with E-state index in [2.05, 4.69) is 4.72 Å². The standard InChI is InChI=1S/C11H17FN2O2S/c1-4-11(2,3)14-17(15,16)10-6-5-8(13)7-9(10)12/h5-7,14H,4,13H2,1-3H3. The molecule has 0 unspecified atom stereocenters. The van der Waals surface area contributed by atoms with E-state index in [0.717, 1.165) is 6.07 Å². The van der Waals surface area contributed by atoms with Crippen LogP contribution in [-0.2, 0) is 10.0 Å². The maximum absolute atomic E-state index is 13.5. The zero-order chi connectivity index (χ0) is 13.3. The summed E-state index contributed by atoms with van der Waals surface area (Å²) in [4.78, 5) is -0.381. The SMILES string of the molecule is CCC(C)(C)NS(=O)(=O)c1ccc(N)cc1F. The van der Waals surface area contributed by atoms with Gasteiger partial charge in [0.25, 0.3) is 0 Å². The van der Waals surface area contributed by atoms with Crippen LogP contribution in [0.1, 0.15) is 27.2 Å². The van der Waals surface area contributed by atoms with E-state index >= 15 is 0 Å². The third-order valence-electron chi connectivity index (χ3n) is 2.54. The molecule has 0 aliphatic rings. The third-order valence-corrected chi connectivity index (χ3v) is 4.27. The van der Waals surface area contributed by atoms with Crippen molar-refractivity contribution < 1.29 is 12.8 Å². The minimum absolute atomic E-state index is 0.191. The molecule has 0 aliphatic heterocycles. The first-order valence-electron chi connectivity index (χ1n) is 5.27. The fraction of sp³-hybridized carbons (Fsp3) is 0.455. The Morgan fingerprint density at radius 2 is 2.00 bits per heavy atom. The van der Waals surface area contributed by atoms with E-state index in [1.807, 2.05) is 6.92 Å². The van der Waals surface area contributed by atoms with Crippen molar-refractivity contribution in [1.82, 2.24) is 4.72 Å². The molecule has 0 spiro atoms. The average Bonchev–Trinajstić information content (AvgIpc) is 2.15. The number of nitrogens with two attached hydrogens (primary N) is 1. The summed E-state index contributed by atoms with van der Waals surface area (Å²) in [6.07, 6.45) is 0.600. The second-order valence-electron chi connectivity index (χ2n) is 4.53. The predicted octanol–water partition coefficient (Wildman–Crippen LogP) is 1.87. The molecule has 96 valence electrons. The second-order valence-corrected chi connectivity index (χ2v) is 6.18. The molecule has 0 radical (unpaired) electrons. The van der Waals surface area contributed by atoms with E-state index in [-0.39, 0.29) is 10.6 Å². The summed E-state index contributed by atoms with van der Waals surface area (Å²) < 4.78 is 39.9. The lowest BCUT2D eigenvalue weighted by Gasteiger charge is -2.24. The average molecular weight is 260 g/mol. The Bertz CT molecular complexity index is 512. The van der Waals surface area contributed by atoms with E-state index in [1.165, 1.54) is 12.1 Å². The molecule has 0 saturated carbocycles. The van der Waals surface area contributed by atoms with E-state index in [9.17, 15) is 12.8 Å². The number of anilines is 1. The quantitative estimate of drug-likeness (QED) is 0.812. The van der Waals surface area contributed by atoms with Gasteiger partial charge in [-0.1, -0.05) is 6.92 Å². The van der Waals surface area contributed by atoms with Crippen LogP contribution in [0.15, 0.2) is 23.1 Å². The van der Waals surface area contributed by atoms with Gasteiger partial charge in [0.15, 0.2) is 0 Å². The highest BCUT2D eigenvalue weighted by molar-refractivity contribution is 7.89. The number of nitrogens with one attached hydrogen (secondary N) is 1. The number of sulfonamides is 1. The number of benzene rings is 1. The normalized spacial score (nSPS) is 12.7. The molecule has 1 aromatic carbocycles.